The van der Waals surface area contributed by atoms with Crippen molar-refractivity contribution in [1.82, 2.24) is 19.7 Å². The highest BCUT2D eigenvalue weighted by Gasteiger charge is 2.27. The van der Waals surface area contributed by atoms with Crippen molar-refractivity contribution in [2.24, 2.45) is 0 Å². The molecule has 1 atom stereocenters. The first-order valence-corrected chi connectivity index (χ1v) is 11.8. The summed E-state index contributed by atoms with van der Waals surface area (Å²) in [5.74, 6) is 1.47. The predicted molar refractivity (Wildman–Crippen MR) is 117 cm³/mol. The topological polar surface area (TPSA) is 86.9 Å². The summed E-state index contributed by atoms with van der Waals surface area (Å²) in [7, 11) is 0. The highest BCUT2D eigenvalue weighted by molar-refractivity contribution is 7.99. The van der Waals surface area contributed by atoms with Crippen LogP contribution in [-0.2, 0) is 0 Å². The van der Waals surface area contributed by atoms with Gasteiger partial charge in [0.05, 0.1) is 16.9 Å². The molecule has 1 aliphatic carbocycles. The number of thioether (sulfide) groups is 1. The van der Waals surface area contributed by atoms with Crippen LogP contribution in [0.25, 0.3) is 21.8 Å². The molecule has 4 heterocycles. The lowest BCUT2D eigenvalue weighted by atomic mass is 10.2. The van der Waals surface area contributed by atoms with Crippen LogP contribution in [0.1, 0.15) is 60.2 Å². The summed E-state index contributed by atoms with van der Waals surface area (Å²) >= 11 is 3.08. The molecule has 4 aromatic rings. The molecule has 0 saturated heterocycles. The molecule has 0 spiro atoms. The van der Waals surface area contributed by atoms with Crippen LogP contribution in [0.2, 0.25) is 0 Å². The number of fused-ring (bicyclic) bond motifs is 1. The molecule has 1 aliphatic rings. The second kappa shape index (κ2) is 7.70. The number of hydrogen-bond acceptors (Lipinski definition) is 8. The number of aromatic nitrogens is 4. The molecule has 4 aromatic heterocycles. The molecule has 0 unspecified atom stereocenters. The van der Waals surface area contributed by atoms with Gasteiger partial charge in [-0.25, -0.2) is 4.98 Å². The second-order valence-electron chi connectivity index (χ2n) is 7.66. The minimum atomic E-state index is -0.152. The van der Waals surface area contributed by atoms with Gasteiger partial charge in [-0.05, 0) is 51.3 Å². The van der Waals surface area contributed by atoms with Gasteiger partial charge in [-0.3, -0.25) is 9.36 Å². The highest BCUT2D eigenvalue weighted by atomic mass is 32.2. The fourth-order valence-electron chi connectivity index (χ4n) is 3.97. The number of thiophene rings is 1. The third kappa shape index (κ3) is 3.30. The average molecular weight is 443 g/mol. The Morgan fingerprint density at radius 2 is 2.07 bits per heavy atom. The van der Waals surface area contributed by atoms with Crippen LogP contribution in [-0.4, -0.2) is 19.7 Å². The normalized spacial score (nSPS) is 16.0. The van der Waals surface area contributed by atoms with E-state index in [0.717, 1.165) is 51.5 Å². The second-order valence-corrected chi connectivity index (χ2v) is 10.2. The molecular weight excluding hydrogens is 420 g/mol. The van der Waals surface area contributed by atoms with Crippen LogP contribution in [0.3, 0.4) is 0 Å². The van der Waals surface area contributed by atoms with Crippen LogP contribution in [0.15, 0.2) is 37.3 Å². The zero-order valence-corrected chi connectivity index (χ0v) is 18.7. The zero-order chi connectivity index (χ0) is 20.8. The summed E-state index contributed by atoms with van der Waals surface area (Å²) in [6, 6.07) is 3.78. The van der Waals surface area contributed by atoms with E-state index >= 15 is 0 Å². The van der Waals surface area contributed by atoms with Gasteiger partial charge in [0.1, 0.15) is 4.83 Å². The molecule has 1 saturated carbocycles. The van der Waals surface area contributed by atoms with E-state index in [0.29, 0.717) is 17.5 Å². The van der Waals surface area contributed by atoms with Gasteiger partial charge in [0, 0.05) is 10.9 Å². The Hall–Kier alpha value is -2.39. The maximum Gasteiger partial charge on any atom is 0.263 e. The fourth-order valence-corrected chi connectivity index (χ4v) is 6.05. The lowest BCUT2D eigenvalue weighted by molar-refractivity contribution is 0.379. The van der Waals surface area contributed by atoms with Gasteiger partial charge >= 0.3 is 0 Å². The summed E-state index contributed by atoms with van der Waals surface area (Å²) < 4.78 is 12.7. The Morgan fingerprint density at radius 3 is 2.80 bits per heavy atom. The first kappa shape index (κ1) is 19.6. The molecule has 0 aliphatic heterocycles. The van der Waals surface area contributed by atoms with E-state index in [1.54, 1.807) is 29.7 Å². The largest absolute Gasteiger partial charge is 0.461 e. The Morgan fingerprint density at radius 1 is 1.27 bits per heavy atom. The lowest BCUT2D eigenvalue weighted by Crippen LogP contribution is -2.26. The number of aryl methyl sites for hydroxylation is 2. The molecule has 7 nitrogen and oxygen atoms in total. The van der Waals surface area contributed by atoms with Crippen molar-refractivity contribution in [3.8, 4) is 11.6 Å². The van der Waals surface area contributed by atoms with Gasteiger partial charge < -0.3 is 8.94 Å². The molecule has 9 heteroatoms. The van der Waals surface area contributed by atoms with Crippen molar-refractivity contribution in [1.29, 1.82) is 0 Å². The molecule has 0 N–H and O–H groups in total. The SMILES string of the molecule is Cc1sc2nc(S[C@H](C)c3nc(-c4ccco4)no3)n(C3CCCC3)c(=O)c2c1C. The van der Waals surface area contributed by atoms with Crippen LogP contribution < -0.4 is 5.56 Å². The van der Waals surface area contributed by atoms with Crippen LogP contribution in [0.4, 0.5) is 0 Å². The number of furan rings is 1. The van der Waals surface area contributed by atoms with E-state index in [9.17, 15) is 4.79 Å². The number of hydrogen-bond donors (Lipinski definition) is 0. The Balaban J connectivity index is 1.54. The maximum absolute atomic E-state index is 13.5. The Kier molecular flexibility index (Phi) is 5.02. The van der Waals surface area contributed by atoms with Crippen LogP contribution in [0, 0.1) is 13.8 Å². The molecule has 0 bridgehead atoms. The summed E-state index contributed by atoms with van der Waals surface area (Å²) in [4.78, 5) is 24.8. The average Bonchev–Trinajstić information content (AvgIpc) is 3.51. The molecule has 1 fully saturated rings. The van der Waals surface area contributed by atoms with Gasteiger partial charge in [-0.15, -0.1) is 11.3 Å². The van der Waals surface area contributed by atoms with Gasteiger partial charge in [0.25, 0.3) is 5.56 Å². The predicted octanol–water partition coefficient (Wildman–Crippen LogP) is 5.69. The lowest BCUT2D eigenvalue weighted by Gasteiger charge is -2.19. The van der Waals surface area contributed by atoms with Gasteiger partial charge in [0.2, 0.25) is 11.7 Å². The first-order valence-electron chi connectivity index (χ1n) is 10.1. The molecular formula is C21H22N4O3S2. The summed E-state index contributed by atoms with van der Waals surface area (Å²) in [6.07, 6.45) is 5.90. The van der Waals surface area contributed by atoms with E-state index in [4.69, 9.17) is 13.9 Å². The van der Waals surface area contributed by atoms with E-state index in [1.807, 2.05) is 25.3 Å². The molecule has 5 rings (SSSR count). The van der Waals surface area contributed by atoms with Crippen molar-refractivity contribution in [3.63, 3.8) is 0 Å². The molecule has 0 aromatic carbocycles. The molecule has 0 amide bonds. The minimum Gasteiger partial charge on any atom is -0.461 e. The van der Waals surface area contributed by atoms with Crippen molar-refractivity contribution in [2.45, 2.75) is 62.9 Å². The Bertz CT molecular complexity index is 1250. The summed E-state index contributed by atoms with van der Waals surface area (Å²) in [6.45, 7) is 6.05. The summed E-state index contributed by atoms with van der Waals surface area (Å²) in [5.41, 5.74) is 1.12. The third-order valence-corrected chi connectivity index (χ3v) is 7.86. The smallest absolute Gasteiger partial charge is 0.263 e. The van der Waals surface area contributed by atoms with Gasteiger partial charge in [-0.1, -0.05) is 29.8 Å². The van der Waals surface area contributed by atoms with Crippen LogP contribution in [0.5, 0.6) is 0 Å². The maximum atomic E-state index is 13.5. The van der Waals surface area contributed by atoms with Crippen molar-refractivity contribution in [2.75, 3.05) is 0 Å². The fraction of sp³-hybridized carbons (Fsp3) is 0.429. The first-order chi connectivity index (χ1) is 14.5. The number of nitrogens with zero attached hydrogens (tertiary/aromatic N) is 4. The monoisotopic (exact) mass is 442 g/mol. The Labute approximate surface area is 181 Å². The van der Waals surface area contributed by atoms with E-state index in [2.05, 4.69) is 10.1 Å². The van der Waals surface area contributed by atoms with Crippen molar-refractivity contribution in [3.05, 3.63) is 45.1 Å². The van der Waals surface area contributed by atoms with Crippen LogP contribution >= 0.6 is 23.1 Å². The van der Waals surface area contributed by atoms with Gasteiger partial charge in [-0.2, -0.15) is 4.98 Å². The van der Waals surface area contributed by atoms with Crippen molar-refractivity contribution < 1.29 is 8.94 Å². The highest BCUT2D eigenvalue weighted by Crippen LogP contribution is 2.39. The summed E-state index contributed by atoms with van der Waals surface area (Å²) in [5, 5.41) is 5.36. The van der Waals surface area contributed by atoms with Crippen molar-refractivity contribution >= 4 is 33.3 Å². The van der Waals surface area contributed by atoms with E-state index < -0.39 is 0 Å². The quantitative estimate of drug-likeness (QED) is 0.290. The molecule has 156 valence electrons. The zero-order valence-electron chi connectivity index (χ0n) is 17.0. The van der Waals surface area contributed by atoms with Gasteiger partial charge in [0.15, 0.2) is 10.9 Å². The van der Waals surface area contributed by atoms with E-state index in [-0.39, 0.29) is 16.9 Å². The standard InChI is InChI=1S/C21H22N4O3S2/c1-11-12(2)29-19-16(11)20(26)25(14-7-4-5-8-14)21(23-19)30-13(3)18-22-17(24-28-18)15-9-6-10-27-15/h6,9-10,13-14H,4-5,7-8H2,1-3H3/t13-/m1/s1. The molecule has 0 radical (unpaired) electrons. The number of rotatable bonds is 5. The molecule has 30 heavy (non-hydrogen) atoms. The minimum absolute atomic E-state index is 0.0743. The van der Waals surface area contributed by atoms with E-state index in [1.165, 1.54) is 11.8 Å². The third-order valence-electron chi connectivity index (χ3n) is 5.71.